The van der Waals surface area contributed by atoms with Crippen molar-refractivity contribution in [3.8, 4) is 5.88 Å². The molecule has 0 atom stereocenters. The first-order chi connectivity index (χ1) is 10.6. The maximum Gasteiger partial charge on any atom is 0.414 e. The molecule has 2 rings (SSSR count). The van der Waals surface area contributed by atoms with Gasteiger partial charge in [0.05, 0.1) is 16.7 Å². The Labute approximate surface area is 127 Å². The number of hydrogen-bond donors (Lipinski definition) is 1. The van der Waals surface area contributed by atoms with Gasteiger partial charge in [-0.2, -0.15) is 0 Å². The third-order valence-electron chi connectivity index (χ3n) is 2.90. The predicted octanol–water partition coefficient (Wildman–Crippen LogP) is 0.682. The Bertz CT molecular complexity index is 699. The second kappa shape index (κ2) is 7.23. The summed E-state index contributed by atoms with van der Waals surface area (Å²) in [6.45, 7) is 0.252. The summed E-state index contributed by atoms with van der Waals surface area (Å²) in [4.78, 5) is -0.223. The summed E-state index contributed by atoms with van der Waals surface area (Å²) >= 11 is 0. The highest BCUT2D eigenvalue weighted by molar-refractivity contribution is 7.91. The molecule has 0 amide bonds. The van der Waals surface area contributed by atoms with Crippen LogP contribution in [0.4, 0.5) is 0 Å². The molecule has 120 valence electrons. The largest absolute Gasteiger partial charge is 0.454 e. The number of benzene rings is 1. The van der Waals surface area contributed by atoms with Gasteiger partial charge in [0.25, 0.3) is 9.84 Å². The molecule has 0 bridgehead atoms. The molecule has 1 heterocycles. The Morgan fingerprint density at radius 2 is 1.95 bits per heavy atom. The summed E-state index contributed by atoms with van der Waals surface area (Å²) in [5.41, 5.74) is 0. The molecule has 1 aromatic carbocycles. The van der Waals surface area contributed by atoms with Gasteiger partial charge in [-0.25, -0.2) is 8.42 Å². The monoisotopic (exact) mass is 328 g/mol. The van der Waals surface area contributed by atoms with E-state index in [2.05, 4.69) is 9.79 Å². The van der Waals surface area contributed by atoms with Gasteiger partial charge in [-0.1, -0.05) is 18.2 Å². The highest BCUT2D eigenvalue weighted by Crippen LogP contribution is 2.24. The average molecular weight is 328 g/mol. The first kappa shape index (κ1) is 16.2. The van der Waals surface area contributed by atoms with Crippen molar-refractivity contribution in [3.63, 3.8) is 0 Å². The summed E-state index contributed by atoms with van der Waals surface area (Å²) in [5, 5.41) is 22.9. The first-order valence-corrected chi connectivity index (χ1v) is 8.19. The van der Waals surface area contributed by atoms with Crippen molar-refractivity contribution in [2.24, 2.45) is 0 Å². The van der Waals surface area contributed by atoms with Crippen molar-refractivity contribution < 1.29 is 27.8 Å². The summed E-state index contributed by atoms with van der Waals surface area (Å²) < 4.78 is 34.5. The number of sulfone groups is 1. The number of hydrogen-bond acceptors (Lipinski definition) is 7. The van der Waals surface area contributed by atoms with Gasteiger partial charge >= 0.3 is 10.9 Å². The minimum absolute atomic E-state index is 0.0482. The van der Waals surface area contributed by atoms with Crippen LogP contribution in [0.25, 0.3) is 0 Å². The van der Waals surface area contributed by atoms with Crippen LogP contribution < -0.4 is 9.64 Å². The van der Waals surface area contributed by atoms with Gasteiger partial charge in [0.15, 0.2) is 0 Å². The zero-order chi connectivity index (χ0) is 16.0. The minimum Gasteiger partial charge on any atom is -0.454 e. The SMILES string of the molecule is O=S(=O)(c1ccccc1)c1c(OCCCCCO)no[n+]1[O-]. The van der Waals surface area contributed by atoms with Gasteiger partial charge in [0, 0.05) is 6.61 Å². The number of aliphatic hydroxyl groups is 1. The normalized spacial score (nSPS) is 11.5. The molecule has 1 aromatic heterocycles. The molecule has 9 heteroatoms. The van der Waals surface area contributed by atoms with E-state index in [1.807, 2.05) is 0 Å². The lowest BCUT2D eigenvalue weighted by Crippen LogP contribution is -2.30. The Hall–Kier alpha value is -2.13. The smallest absolute Gasteiger partial charge is 0.414 e. The maximum atomic E-state index is 12.4. The third kappa shape index (κ3) is 3.55. The van der Waals surface area contributed by atoms with E-state index in [-0.39, 0.29) is 28.9 Å². The standard InChI is InChI=1S/C13H16N2O6S/c16-9-5-2-6-10-20-12-13(15(17)21-14-12)22(18,19)11-7-3-1-4-8-11/h1,3-4,7-8,16H,2,5-6,9-10H2. The van der Waals surface area contributed by atoms with Crippen molar-refractivity contribution in [1.29, 1.82) is 0 Å². The van der Waals surface area contributed by atoms with E-state index >= 15 is 0 Å². The van der Waals surface area contributed by atoms with Crippen LogP contribution in [-0.2, 0) is 9.84 Å². The van der Waals surface area contributed by atoms with Gasteiger partial charge in [-0.3, -0.25) is 4.63 Å². The summed E-state index contributed by atoms with van der Waals surface area (Å²) in [6, 6.07) is 7.49. The lowest BCUT2D eigenvalue weighted by molar-refractivity contribution is -0.832. The quantitative estimate of drug-likeness (QED) is 0.559. The Kier molecular flexibility index (Phi) is 5.34. The number of nitrogens with zero attached hydrogens (tertiary/aromatic N) is 2. The van der Waals surface area contributed by atoms with Gasteiger partial charge in [0.1, 0.15) is 0 Å². The minimum atomic E-state index is -4.08. The van der Waals surface area contributed by atoms with Gasteiger partial charge in [-0.05, 0) is 36.3 Å². The van der Waals surface area contributed by atoms with Crippen LogP contribution in [-0.4, -0.2) is 31.9 Å². The molecule has 1 N–H and O–H groups in total. The van der Waals surface area contributed by atoms with E-state index in [4.69, 9.17) is 9.84 Å². The molecule has 0 unspecified atom stereocenters. The van der Waals surface area contributed by atoms with E-state index in [0.29, 0.717) is 19.3 Å². The third-order valence-corrected chi connectivity index (χ3v) is 4.62. The molecule has 2 aromatic rings. The predicted molar refractivity (Wildman–Crippen MR) is 73.8 cm³/mol. The van der Waals surface area contributed by atoms with Crippen molar-refractivity contribution in [2.45, 2.75) is 29.2 Å². The molecule has 0 aliphatic rings. The highest BCUT2D eigenvalue weighted by Gasteiger charge is 2.35. The van der Waals surface area contributed by atoms with Crippen LogP contribution in [0.3, 0.4) is 0 Å². The Morgan fingerprint density at radius 1 is 1.23 bits per heavy atom. The second-order valence-corrected chi connectivity index (χ2v) is 6.35. The van der Waals surface area contributed by atoms with Crippen LogP contribution in [0.1, 0.15) is 19.3 Å². The molecule has 22 heavy (non-hydrogen) atoms. The van der Waals surface area contributed by atoms with Gasteiger partial charge < -0.3 is 15.1 Å². The Morgan fingerprint density at radius 3 is 2.64 bits per heavy atom. The maximum absolute atomic E-state index is 12.4. The van der Waals surface area contributed by atoms with Crippen LogP contribution in [0, 0.1) is 5.21 Å². The van der Waals surface area contributed by atoms with E-state index in [1.54, 1.807) is 18.2 Å². The first-order valence-electron chi connectivity index (χ1n) is 6.71. The van der Waals surface area contributed by atoms with Crippen LogP contribution >= 0.6 is 0 Å². The number of ether oxygens (including phenoxy) is 1. The lowest BCUT2D eigenvalue weighted by Gasteiger charge is -2.03. The molecule has 0 aliphatic carbocycles. The zero-order valence-corrected chi connectivity index (χ0v) is 12.5. The molecule has 0 aliphatic heterocycles. The van der Waals surface area contributed by atoms with E-state index < -0.39 is 14.9 Å². The van der Waals surface area contributed by atoms with Crippen molar-refractivity contribution in [2.75, 3.05) is 13.2 Å². The second-order valence-electron chi connectivity index (χ2n) is 4.49. The van der Waals surface area contributed by atoms with Crippen molar-refractivity contribution in [1.82, 2.24) is 5.16 Å². The van der Waals surface area contributed by atoms with Crippen molar-refractivity contribution >= 4 is 9.84 Å². The van der Waals surface area contributed by atoms with Crippen LogP contribution in [0.5, 0.6) is 5.88 Å². The van der Waals surface area contributed by atoms with E-state index in [1.165, 1.54) is 12.1 Å². The van der Waals surface area contributed by atoms with E-state index in [9.17, 15) is 13.6 Å². The highest BCUT2D eigenvalue weighted by atomic mass is 32.2. The fraction of sp³-hybridized carbons (Fsp3) is 0.385. The number of aromatic nitrogens is 2. The van der Waals surface area contributed by atoms with Crippen LogP contribution in [0.2, 0.25) is 0 Å². The fourth-order valence-corrected chi connectivity index (χ4v) is 3.09. The summed E-state index contributed by atoms with van der Waals surface area (Å²) in [5.74, 6) is -0.358. The van der Waals surface area contributed by atoms with Crippen LogP contribution in [0.15, 0.2) is 44.9 Å². The molecule has 0 saturated heterocycles. The molecule has 0 fully saturated rings. The summed E-state index contributed by atoms with van der Waals surface area (Å²) in [6.07, 6.45) is 1.93. The molecule has 0 saturated carbocycles. The Balaban J connectivity index is 2.19. The molecule has 0 spiro atoms. The molecule has 8 nitrogen and oxygen atoms in total. The number of aliphatic hydroxyl groups excluding tert-OH is 1. The fourth-order valence-electron chi connectivity index (χ4n) is 1.80. The van der Waals surface area contributed by atoms with Crippen molar-refractivity contribution in [3.05, 3.63) is 35.5 Å². The number of rotatable bonds is 8. The lowest BCUT2D eigenvalue weighted by atomic mass is 10.2. The molecular weight excluding hydrogens is 312 g/mol. The molecule has 0 radical (unpaired) electrons. The topological polar surface area (TPSA) is 117 Å². The number of unbranched alkanes of at least 4 members (excludes halogenated alkanes) is 2. The van der Waals surface area contributed by atoms with Gasteiger partial charge in [0.2, 0.25) is 0 Å². The molecular formula is C13H16N2O6S. The summed E-state index contributed by atoms with van der Waals surface area (Å²) in [7, 11) is -4.08. The van der Waals surface area contributed by atoms with Gasteiger partial charge in [-0.15, -0.1) is 0 Å². The average Bonchev–Trinajstić information content (AvgIpc) is 2.89. The van der Waals surface area contributed by atoms with E-state index in [0.717, 1.165) is 0 Å². The zero-order valence-electron chi connectivity index (χ0n) is 11.7.